The third-order valence-corrected chi connectivity index (χ3v) is 4.16. The maximum Gasteiger partial charge on any atom is 0.416 e. The Morgan fingerprint density at radius 3 is 2.36 bits per heavy atom. The van der Waals surface area contributed by atoms with Gasteiger partial charge in [0.05, 0.1) is 23.0 Å². The molecule has 1 aromatic heterocycles. The van der Waals surface area contributed by atoms with Crippen LogP contribution in [0, 0.1) is 0 Å². The number of nitrogens with one attached hydrogen (secondary N) is 1. The highest BCUT2D eigenvalue weighted by Gasteiger charge is 2.30. The van der Waals surface area contributed by atoms with Gasteiger partial charge in [-0.2, -0.15) is 13.2 Å². The number of halogens is 3. The normalized spacial score (nSPS) is 11.1. The summed E-state index contributed by atoms with van der Waals surface area (Å²) in [6.45, 7) is 0.645. The van der Waals surface area contributed by atoms with Gasteiger partial charge < -0.3 is 10.2 Å². The largest absolute Gasteiger partial charge is 0.416 e. The molecular weight excluding hydrogens is 367 g/mol. The number of alkyl halides is 3. The van der Waals surface area contributed by atoms with E-state index < -0.39 is 17.6 Å². The lowest BCUT2D eigenvalue weighted by atomic mass is 10.2. The summed E-state index contributed by atoms with van der Waals surface area (Å²) in [6, 6.07) is 15.8. The molecule has 0 fully saturated rings. The summed E-state index contributed by atoms with van der Waals surface area (Å²) >= 11 is 0. The van der Waals surface area contributed by atoms with Gasteiger partial charge in [-0.05, 0) is 35.9 Å². The number of benzene rings is 2. The molecule has 0 aliphatic rings. The number of amides is 1. The van der Waals surface area contributed by atoms with Gasteiger partial charge in [-0.3, -0.25) is 9.78 Å². The van der Waals surface area contributed by atoms with Crippen molar-refractivity contribution in [1.29, 1.82) is 0 Å². The minimum atomic E-state index is -4.41. The second-order valence-corrected chi connectivity index (χ2v) is 6.30. The van der Waals surface area contributed by atoms with Crippen LogP contribution in [0.2, 0.25) is 0 Å². The second kappa shape index (κ2) is 8.12. The Balaban J connectivity index is 1.70. The molecule has 4 nitrogen and oxygen atoms in total. The van der Waals surface area contributed by atoms with Crippen LogP contribution in [0.4, 0.5) is 24.5 Å². The van der Waals surface area contributed by atoms with Crippen molar-refractivity contribution in [2.45, 2.75) is 12.7 Å². The standard InChI is InChI=1S/C21H18F3N3O/c1-27(14-15-5-3-2-4-6-15)19-11-16(12-25-13-19)20(28)26-18-9-7-17(8-10-18)21(22,23)24/h2-13H,14H2,1H3,(H,26,28). The van der Waals surface area contributed by atoms with E-state index in [1.54, 1.807) is 12.3 Å². The van der Waals surface area contributed by atoms with E-state index in [-0.39, 0.29) is 5.69 Å². The quantitative estimate of drug-likeness (QED) is 0.673. The lowest BCUT2D eigenvalue weighted by Gasteiger charge is -2.19. The summed E-state index contributed by atoms with van der Waals surface area (Å²) in [5.41, 5.74) is 1.70. The highest BCUT2D eigenvalue weighted by atomic mass is 19.4. The van der Waals surface area contributed by atoms with Crippen molar-refractivity contribution in [3.05, 3.63) is 89.7 Å². The third kappa shape index (κ3) is 4.88. The Hall–Kier alpha value is -3.35. The molecule has 28 heavy (non-hydrogen) atoms. The number of carbonyl (C=O) groups excluding carboxylic acids is 1. The zero-order valence-corrected chi connectivity index (χ0v) is 15.1. The SMILES string of the molecule is CN(Cc1ccccc1)c1cncc(C(=O)Nc2ccc(C(F)(F)F)cc2)c1. The summed E-state index contributed by atoms with van der Waals surface area (Å²) < 4.78 is 37.9. The van der Waals surface area contributed by atoms with Gasteiger partial charge in [-0.15, -0.1) is 0 Å². The summed E-state index contributed by atoms with van der Waals surface area (Å²) in [7, 11) is 1.89. The van der Waals surface area contributed by atoms with Crippen LogP contribution in [0.1, 0.15) is 21.5 Å². The van der Waals surface area contributed by atoms with Crippen LogP contribution in [0.5, 0.6) is 0 Å². The van der Waals surface area contributed by atoms with E-state index in [1.165, 1.54) is 18.3 Å². The maximum atomic E-state index is 12.6. The Kier molecular flexibility index (Phi) is 5.63. The van der Waals surface area contributed by atoms with Gasteiger partial charge in [0.25, 0.3) is 5.91 Å². The molecule has 3 aromatic rings. The average molecular weight is 385 g/mol. The number of carbonyl (C=O) groups is 1. The fourth-order valence-electron chi connectivity index (χ4n) is 2.66. The van der Waals surface area contributed by atoms with Crippen molar-refractivity contribution in [2.24, 2.45) is 0 Å². The molecule has 0 saturated carbocycles. The fraction of sp³-hybridized carbons (Fsp3) is 0.143. The molecule has 144 valence electrons. The summed E-state index contributed by atoms with van der Waals surface area (Å²) in [5.74, 6) is -0.442. The predicted molar refractivity (Wildman–Crippen MR) is 102 cm³/mol. The Bertz CT molecular complexity index is 941. The van der Waals surface area contributed by atoms with Crippen LogP contribution in [-0.2, 0) is 12.7 Å². The van der Waals surface area contributed by atoms with E-state index in [1.807, 2.05) is 42.3 Å². The molecule has 0 saturated heterocycles. The number of hydrogen-bond acceptors (Lipinski definition) is 3. The first-order chi connectivity index (χ1) is 13.3. The molecule has 0 bridgehead atoms. The Labute approximate surface area is 160 Å². The van der Waals surface area contributed by atoms with Crippen LogP contribution in [0.15, 0.2) is 73.1 Å². The minimum absolute atomic E-state index is 0.279. The molecule has 0 radical (unpaired) electrons. The van der Waals surface area contributed by atoms with Crippen molar-refractivity contribution in [3.63, 3.8) is 0 Å². The van der Waals surface area contributed by atoms with Crippen LogP contribution < -0.4 is 10.2 Å². The van der Waals surface area contributed by atoms with Gasteiger partial charge >= 0.3 is 6.18 Å². The molecule has 0 unspecified atom stereocenters. The van der Waals surface area contributed by atoms with Crippen molar-refractivity contribution < 1.29 is 18.0 Å². The highest BCUT2D eigenvalue weighted by Crippen LogP contribution is 2.30. The number of pyridine rings is 1. The first-order valence-electron chi connectivity index (χ1n) is 8.51. The Morgan fingerprint density at radius 2 is 1.71 bits per heavy atom. The van der Waals surface area contributed by atoms with E-state index in [0.717, 1.165) is 23.4 Å². The fourth-order valence-corrected chi connectivity index (χ4v) is 2.66. The number of nitrogens with zero attached hydrogens (tertiary/aromatic N) is 2. The number of rotatable bonds is 5. The molecule has 0 aliphatic heterocycles. The van der Waals surface area contributed by atoms with Crippen LogP contribution in [0.25, 0.3) is 0 Å². The molecule has 2 aromatic carbocycles. The lowest BCUT2D eigenvalue weighted by Crippen LogP contribution is -2.18. The van der Waals surface area contributed by atoms with Gasteiger partial charge in [0, 0.05) is 25.5 Å². The van der Waals surface area contributed by atoms with Crippen molar-refractivity contribution in [2.75, 3.05) is 17.3 Å². The van der Waals surface area contributed by atoms with Crippen LogP contribution in [-0.4, -0.2) is 17.9 Å². The molecule has 3 rings (SSSR count). The topological polar surface area (TPSA) is 45.2 Å². The van der Waals surface area contributed by atoms with Gasteiger partial charge in [0.2, 0.25) is 0 Å². The van der Waals surface area contributed by atoms with E-state index in [4.69, 9.17) is 0 Å². The number of anilines is 2. The number of hydrogen-bond donors (Lipinski definition) is 1. The van der Waals surface area contributed by atoms with E-state index in [0.29, 0.717) is 12.1 Å². The smallest absolute Gasteiger partial charge is 0.369 e. The second-order valence-electron chi connectivity index (χ2n) is 6.30. The molecule has 7 heteroatoms. The van der Waals surface area contributed by atoms with Crippen LogP contribution in [0.3, 0.4) is 0 Å². The summed E-state index contributed by atoms with van der Waals surface area (Å²) in [4.78, 5) is 18.5. The lowest BCUT2D eigenvalue weighted by molar-refractivity contribution is -0.137. The first kappa shape index (κ1) is 19.4. The minimum Gasteiger partial charge on any atom is -0.369 e. The molecule has 0 atom stereocenters. The maximum absolute atomic E-state index is 12.6. The molecule has 1 amide bonds. The van der Waals surface area contributed by atoms with Crippen molar-refractivity contribution >= 4 is 17.3 Å². The van der Waals surface area contributed by atoms with E-state index >= 15 is 0 Å². The molecule has 1 heterocycles. The van der Waals surface area contributed by atoms with Gasteiger partial charge in [-0.1, -0.05) is 30.3 Å². The number of aromatic nitrogens is 1. The molecule has 0 spiro atoms. The molecular formula is C21H18F3N3O. The Morgan fingerprint density at radius 1 is 1.04 bits per heavy atom. The van der Waals surface area contributed by atoms with Gasteiger partial charge in [-0.25, -0.2) is 0 Å². The molecule has 1 N–H and O–H groups in total. The van der Waals surface area contributed by atoms with Crippen molar-refractivity contribution in [3.8, 4) is 0 Å². The van der Waals surface area contributed by atoms with E-state index in [2.05, 4.69) is 10.3 Å². The van der Waals surface area contributed by atoms with Gasteiger partial charge in [0.15, 0.2) is 0 Å². The highest BCUT2D eigenvalue weighted by molar-refractivity contribution is 6.04. The predicted octanol–water partition coefficient (Wildman–Crippen LogP) is 4.99. The molecule has 0 aliphatic carbocycles. The van der Waals surface area contributed by atoms with Crippen LogP contribution >= 0.6 is 0 Å². The monoisotopic (exact) mass is 385 g/mol. The van der Waals surface area contributed by atoms with Gasteiger partial charge in [0.1, 0.15) is 0 Å². The van der Waals surface area contributed by atoms with Crippen molar-refractivity contribution in [1.82, 2.24) is 4.98 Å². The average Bonchev–Trinajstić information content (AvgIpc) is 2.68. The third-order valence-electron chi connectivity index (χ3n) is 4.16. The zero-order chi connectivity index (χ0) is 20.1. The van der Waals surface area contributed by atoms with E-state index in [9.17, 15) is 18.0 Å². The summed E-state index contributed by atoms with van der Waals surface area (Å²) in [5, 5.41) is 2.59. The first-order valence-corrected chi connectivity index (χ1v) is 8.51. The zero-order valence-electron chi connectivity index (χ0n) is 15.1. The summed E-state index contributed by atoms with van der Waals surface area (Å²) in [6.07, 6.45) is -1.35.